The summed E-state index contributed by atoms with van der Waals surface area (Å²) in [6, 6.07) is 1.28. The highest BCUT2D eigenvalue weighted by Gasteiger charge is 2.22. The van der Waals surface area contributed by atoms with Gasteiger partial charge in [-0.1, -0.05) is 6.92 Å². The van der Waals surface area contributed by atoms with Crippen molar-refractivity contribution in [2.24, 2.45) is 7.05 Å². The van der Waals surface area contributed by atoms with Crippen molar-refractivity contribution >= 4 is 11.9 Å². The van der Waals surface area contributed by atoms with E-state index < -0.39 is 5.97 Å². The van der Waals surface area contributed by atoms with Crippen LogP contribution in [0.25, 0.3) is 0 Å². The Bertz CT molecular complexity index is 672. The summed E-state index contributed by atoms with van der Waals surface area (Å²) in [5.74, 6) is -1.11. The molecule has 0 saturated heterocycles. The molecule has 0 saturated carbocycles. The van der Waals surface area contributed by atoms with Crippen LogP contribution in [0.1, 0.15) is 39.2 Å². The molecule has 0 fully saturated rings. The van der Waals surface area contributed by atoms with E-state index in [4.69, 9.17) is 9.52 Å². The van der Waals surface area contributed by atoms with E-state index in [2.05, 4.69) is 5.10 Å². The SMILES string of the molecule is CCc1oc(C(=O)N(C)Cc2cnn(C)c2)cc1C(=O)O. The highest BCUT2D eigenvalue weighted by Crippen LogP contribution is 2.18. The average Bonchev–Trinajstić information content (AvgIpc) is 3.04. The lowest BCUT2D eigenvalue weighted by molar-refractivity contribution is 0.0693. The minimum Gasteiger partial charge on any atom is -0.478 e. The maximum absolute atomic E-state index is 12.3. The maximum Gasteiger partial charge on any atom is 0.339 e. The number of carbonyl (C=O) groups excluding carboxylic acids is 1. The third kappa shape index (κ3) is 3.13. The average molecular weight is 291 g/mol. The highest BCUT2D eigenvalue weighted by molar-refractivity contribution is 5.96. The molecule has 21 heavy (non-hydrogen) atoms. The summed E-state index contributed by atoms with van der Waals surface area (Å²) in [7, 11) is 3.43. The van der Waals surface area contributed by atoms with Crippen LogP contribution in [0.4, 0.5) is 0 Å². The second-order valence-electron chi connectivity index (χ2n) is 4.79. The number of nitrogens with zero attached hydrogens (tertiary/aromatic N) is 3. The van der Waals surface area contributed by atoms with Crippen LogP contribution in [0, 0.1) is 0 Å². The number of amides is 1. The highest BCUT2D eigenvalue weighted by atomic mass is 16.4. The van der Waals surface area contributed by atoms with Crippen LogP contribution in [-0.4, -0.2) is 38.7 Å². The van der Waals surface area contributed by atoms with Gasteiger partial charge in [0.1, 0.15) is 11.3 Å². The molecule has 0 radical (unpaired) electrons. The molecule has 0 aliphatic carbocycles. The molecule has 2 aromatic rings. The molecule has 0 bridgehead atoms. The molecular weight excluding hydrogens is 274 g/mol. The zero-order valence-corrected chi connectivity index (χ0v) is 12.2. The number of furan rings is 1. The second-order valence-corrected chi connectivity index (χ2v) is 4.79. The van der Waals surface area contributed by atoms with Crippen molar-refractivity contribution in [3.05, 3.63) is 41.1 Å². The van der Waals surface area contributed by atoms with Crippen molar-refractivity contribution in [1.29, 1.82) is 0 Å². The van der Waals surface area contributed by atoms with E-state index in [1.165, 1.54) is 11.0 Å². The standard InChI is InChI=1S/C14H17N3O4/c1-4-11-10(14(19)20)5-12(21-11)13(18)16(2)7-9-6-15-17(3)8-9/h5-6,8H,4,7H2,1-3H3,(H,19,20). The van der Waals surface area contributed by atoms with Crippen molar-refractivity contribution in [1.82, 2.24) is 14.7 Å². The Balaban J connectivity index is 2.17. The Morgan fingerprint density at radius 3 is 2.67 bits per heavy atom. The molecule has 0 aliphatic heterocycles. The van der Waals surface area contributed by atoms with E-state index in [-0.39, 0.29) is 17.2 Å². The van der Waals surface area contributed by atoms with E-state index in [0.717, 1.165) is 5.56 Å². The first kappa shape index (κ1) is 14.8. The van der Waals surface area contributed by atoms with Crippen LogP contribution >= 0.6 is 0 Å². The predicted octanol–water partition coefficient (Wildman–Crippen LogP) is 1.55. The number of hydrogen-bond acceptors (Lipinski definition) is 4. The van der Waals surface area contributed by atoms with Crippen molar-refractivity contribution in [2.75, 3.05) is 7.05 Å². The molecule has 1 amide bonds. The first-order valence-corrected chi connectivity index (χ1v) is 6.51. The van der Waals surface area contributed by atoms with Gasteiger partial charge in [-0.2, -0.15) is 5.10 Å². The molecule has 2 rings (SSSR count). The minimum absolute atomic E-state index is 0.0376. The van der Waals surface area contributed by atoms with Gasteiger partial charge in [-0.25, -0.2) is 4.79 Å². The minimum atomic E-state index is -1.09. The van der Waals surface area contributed by atoms with Gasteiger partial charge in [0.25, 0.3) is 5.91 Å². The zero-order valence-electron chi connectivity index (χ0n) is 12.2. The number of carboxylic acid groups (broad SMARTS) is 1. The largest absolute Gasteiger partial charge is 0.478 e. The van der Waals surface area contributed by atoms with Gasteiger partial charge in [-0.05, 0) is 0 Å². The molecule has 0 atom stereocenters. The summed E-state index contributed by atoms with van der Waals surface area (Å²) in [4.78, 5) is 24.8. The van der Waals surface area contributed by atoms with Gasteiger partial charge >= 0.3 is 5.97 Å². The molecule has 0 aliphatic rings. The lowest BCUT2D eigenvalue weighted by Gasteiger charge is -2.14. The Kier molecular flexibility index (Phi) is 4.11. The van der Waals surface area contributed by atoms with Crippen molar-refractivity contribution in [3.8, 4) is 0 Å². The van der Waals surface area contributed by atoms with Crippen LogP contribution in [0.3, 0.4) is 0 Å². The van der Waals surface area contributed by atoms with Gasteiger partial charge in [0.2, 0.25) is 0 Å². The molecule has 0 spiro atoms. The van der Waals surface area contributed by atoms with Gasteiger partial charge in [0.15, 0.2) is 5.76 Å². The van der Waals surface area contributed by atoms with Crippen LogP contribution in [-0.2, 0) is 20.0 Å². The van der Waals surface area contributed by atoms with E-state index in [9.17, 15) is 9.59 Å². The van der Waals surface area contributed by atoms with Crippen molar-refractivity contribution in [3.63, 3.8) is 0 Å². The molecule has 2 heterocycles. The van der Waals surface area contributed by atoms with Gasteiger partial charge in [-0.15, -0.1) is 0 Å². The fraction of sp³-hybridized carbons (Fsp3) is 0.357. The molecule has 2 aromatic heterocycles. The lowest BCUT2D eigenvalue weighted by Crippen LogP contribution is -2.25. The normalized spacial score (nSPS) is 10.6. The van der Waals surface area contributed by atoms with Crippen molar-refractivity contribution in [2.45, 2.75) is 19.9 Å². The number of hydrogen-bond donors (Lipinski definition) is 1. The van der Waals surface area contributed by atoms with E-state index in [1.807, 2.05) is 6.20 Å². The summed E-state index contributed by atoms with van der Waals surface area (Å²) < 4.78 is 7.01. The van der Waals surface area contributed by atoms with Crippen LogP contribution in [0.2, 0.25) is 0 Å². The van der Waals surface area contributed by atoms with Gasteiger partial charge in [0, 0.05) is 44.9 Å². The number of aromatic nitrogens is 2. The third-order valence-electron chi connectivity index (χ3n) is 3.10. The summed E-state index contributed by atoms with van der Waals surface area (Å²) in [6.07, 6.45) is 3.90. The summed E-state index contributed by atoms with van der Waals surface area (Å²) in [5, 5.41) is 13.1. The van der Waals surface area contributed by atoms with E-state index >= 15 is 0 Å². The Morgan fingerprint density at radius 2 is 2.19 bits per heavy atom. The summed E-state index contributed by atoms with van der Waals surface area (Å²) >= 11 is 0. The molecule has 112 valence electrons. The Labute approximate surface area is 121 Å². The Morgan fingerprint density at radius 1 is 1.48 bits per heavy atom. The van der Waals surface area contributed by atoms with Crippen LogP contribution in [0.15, 0.2) is 22.9 Å². The second kappa shape index (κ2) is 5.82. The molecule has 1 N–H and O–H groups in total. The van der Waals surface area contributed by atoms with Gasteiger partial charge < -0.3 is 14.4 Å². The molecular formula is C14H17N3O4. The predicted molar refractivity (Wildman–Crippen MR) is 74.1 cm³/mol. The molecule has 0 aromatic carbocycles. The fourth-order valence-electron chi connectivity index (χ4n) is 2.07. The smallest absolute Gasteiger partial charge is 0.339 e. The maximum atomic E-state index is 12.3. The third-order valence-corrected chi connectivity index (χ3v) is 3.10. The zero-order chi connectivity index (χ0) is 15.6. The van der Waals surface area contributed by atoms with Gasteiger partial charge in [-0.3, -0.25) is 9.48 Å². The first-order valence-electron chi connectivity index (χ1n) is 6.51. The number of carboxylic acids is 1. The van der Waals surface area contributed by atoms with Crippen molar-refractivity contribution < 1.29 is 19.1 Å². The van der Waals surface area contributed by atoms with E-state index in [0.29, 0.717) is 18.7 Å². The molecule has 0 unspecified atom stereocenters. The fourth-order valence-corrected chi connectivity index (χ4v) is 2.07. The number of aromatic carboxylic acids is 1. The van der Waals surface area contributed by atoms with Crippen LogP contribution in [0.5, 0.6) is 0 Å². The summed E-state index contributed by atoms with van der Waals surface area (Å²) in [6.45, 7) is 2.15. The molecule has 7 nitrogen and oxygen atoms in total. The lowest BCUT2D eigenvalue weighted by atomic mass is 10.2. The molecule has 7 heteroatoms. The quantitative estimate of drug-likeness (QED) is 0.902. The number of rotatable bonds is 5. The number of aryl methyl sites for hydroxylation is 2. The monoisotopic (exact) mass is 291 g/mol. The summed E-state index contributed by atoms with van der Waals surface area (Å²) in [5.41, 5.74) is 0.921. The Hall–Kier alpha value is -2.57. The topological polar surface area (TPSA) is 88.6 Å². The van der Waals surface area contributed by atoms with Crippen LogP contribution < -0.4 is 0 Å². The van der Waals surface area contributed by atoms with Gasteiger partial charge in [0.05, 0.1) is 6.20 Å². The number of carbonyl (C=O) groups is 2. The van der Waals surface area contributed by atoms with E-state index in [1.54, 1.807) is 31.9 Å². The first-order chi connectivity index (χ1) is 9.92.